The Morgan fingerprint density at radius 2 is 1.29 bits per heavy atom. The van der Waals surface area contributed by atoms with Gasteiger partial charge in [-0.1, -0.05) is 53.7 Å². The zero-order chi connectivity index (χ0) is 49.8. The summed E-state index contributed by atoms with van der Waals surface area (Å²) in [6.45, 7) is 11.3. The van der Waals surface area contributed by atoms with E-state index in [1.807, 2.05) is 13.8 Å². The van der Waals surface area contributed by atoms with Crippen molar-refractivity contribution in [3.8, 4) is 5.75 Å². The summed E-state index contributed by atoms with van der Waals surface area (Å²) in [5.41, 5.74) is 21.4. The number of phenolic OH excluding ortho intramolecular Hbond substituents is 1. The van der Waals surface area contributed by atoms with Gasteiger partial charge < -0.3 is 64.4 Å². The number of phenols is 1. The highest BCUT2D eigenvalue weighted by atomic mass is 19.4. The first-order valence-corrected chi connectivity index (χ1v) is 21.0. The van der Waals surface area contributed by atoms with E-state index in [0.29, 0.717) is 37.8 Å². The molecule has 1 aliphatic heterocycles. The van der Waals surface area contributed by atoms with Gasteiger partial charge in [0.2, 0.25) is 29.5 Å². The van der Waals surface area contributed by atoms with Crippen LogP contribution in [0, 0.1) is 17.3 Å². The Bertz CT molecular complexity index is 1830. The van der Waals surface area contributed by atoms with E-state index in [0.717, 1.165) is 0 Å². The Morgan fingerprint density at radius 3 is 1.77 bits per heavy atom. The number of nitrogens with two attached hydrogens (primary N) is 4. The summed E-state index contributed by atoms with van der Waals surface area (Å²) in [4.78, 5) is 99.4. The number of aliphatic carboxylic acids is 2. The van der Waals surface area contributed by atoms with Crippen LogP contribution in [0.1, 0.15) is 92.1 Å². The van der Waals surface area contributed by atoms with E-state index in [9.17, 15) is 52.2 Å². The zero-order valence-corrected chi connectivity index (χ0v) is 37.6. The quantitative estimate of drug-likeness (QED) is 0.0427. The third kappa shape index (κ3) is 21.2. The molecule has 1 saturated heterocycles. The van der Waals surface area contributed by atoms with E-state index in [2.05, 4.69) is 31.3 Å². The van der Waals surface area contributed by atoms with Crippen LogP contribution in [0.25, 0.3) is 0 Å². The summed E-state index contributed by atoms with van der Waals surface area (Å²) in [5, 5.41) is 37.7. The van der Waals surface area contributed by atoms with Crippen molar-refractivity contribution in [2.75, 3.05) is 19.6 Å². The molecule has 1 aliphatic rings. The summed E-state index contributed by atoms with van der Waals surface area (Å²) in [7, 11) is 0. The number of aliphatic imine (C=N–C) groups is 2. The van der Waals surface area contributed by atoms with Gasteiger partial charge in [-0.2, -0.15) is 13.2 Å². The van der Waals surface area contributed by atoms with Crippen LogP contribution in [0.3, 0.4) is 0 Å². The van der Waals surface area contributed by atoms with Crippen LogP contribution in [0.2, 0.25) is 0 Å². The number of hydrogen-bond donors (Lipinski definition) is 11. The number of likely N-dealkylation sites (tertiary alicyclic amines) is 1. The third-order valence-corrected chi connectivity index (χ3v) is 9.92. The van der Waals surface area contributed by atoms with Crippen LogP contribution < -0.4 is 44.2 Å². The van der Waals surface area contributed by atoms with Crippen molar-refractivity contribution in [3.05, 3.63) is 29.8 Å². The fraction of sp³-hybridized carbons (Fsp3) is 0.634. The number of carbonyl (C=O) groups excluding carboxylic acids is 5. The Morgan fingerprint density at radius 1 is 0.769 bits per heavy atom. The van der Waals surface area contributed by atoms with E-state index in [1.165, 1.54) is 17.0 Å². The minimum absolute atomic E-state index is 0.00646. The molecule has 15 N–H and O–H groups in total. The summed E-state index contributed by atoms with van der Waals surface area (Å²) in [5.74, 6) is -7.56. The third-order valence-electron chi connectivity index (χ3n) is 9.92. The Kier molecular flexibility index (Phi) is 23.0. The SMILES string of the molecule is CC(C)C[C@H](NC(=O)[C@@H](NC(=O)[C@H](Cc1ccc(O)cc1)NC(=O)[C@@H]1CCCN1C(=O)[C@H](CCCN=C(N)N)NC(=O)[C@@H](C)CCCN=C(N)N)C(C)(C)C)C(=O)O.O=C(O)C(F)(F)F. The van der Waals surface area contributed by atoms with Crippen LogP contribution >= 0.6 is 0 Å². The van der Waals surface area contributed by atoms with Gasteiger partial charge in [-0.25, -0.2) is 9.59 Å². The van der Waals surface area contributed by atoms with Gasteiger partial charge in [-0.15, -0.1) is 0 Å². The second kappa shape index (κ2) is 26.4. The average Bonchev–Trinajstić information content (AvgIpc) is 3.69. The van der Waals surface area contributed by atoms with Gasteiger partial charge in [0.15, 0.2) is 11.9 Å². The molecule has 1 aromatic rings. The lowest BCUT2D eigenvalue weighted by molar-refractivity contribution is -0.192. The van der Waals surface area contributed by atoms with Gasteiger partial charge in [-0.3, -0.25) is 34.0 Å². The Labute approximate surface area is 375 Å². The Hall–Kier alpha value is -6.36. The fourth-order valence-electron chi connectivity index (χ4n) is 6.53. The molecular formula is C41H66F3N11O10. The van der Waals surface area contributed by atoms with Crippen LogP contribution in [0.4, 0.5) is 13.2 Å². The molecule has 5 amide bonds. The molecule has 366 valence electrons. The number of benzene rings is 1. The molecule has 0 aliphatic carbocycles. The number of guanidine groups is 2. The second-order valence-electron chi connectivity index (χ2n) is 17.1. The maximum Gasteiger partial charge on any atom is 0.490 e. The number of nitrogens with zero attached hydrogens (tertiary/aromatic N) is 3. The van der Waals surface area contributed by atoms with E-state index >= 15 is 0 Å². The molecule has 0 unspecified atom stereocenters. The average molecular weight is 930 g/mol. The maximum atomic E-state index is 14.2. The standard InChI is InChI=1S/C39H65N11O8.C2HF3O2/c1-22(2)20-28(36(57)58)48-34(55)30(39(4,5)6)49-32(53)27(21-24-13-15-25(51)16-14-24)47-33(54)29-12-9-19-50(29)35(56)26(11-8-18-45-38(42)43)46-31(52)23(3)10-7-17-44-37(40)41;3-2(4,5)1(6)7/h13-16,22-23,26-30,51H,7-12,17-21H2,1-6H3,(H,46,52)(H,47,54)(H,48,55)(H,49,53)(H,57,58)(H4,40,41,44)(H4,42,43,45);(H,6,7)/t23-,26-,27-,28-,29-,30+;/m0./s1. The van der Waals surface area contributed by atoms with E-state index in [4.69, 9.17) is 32.8 Å². The van der Waals surface area contributed by atoms with Crippen LogP contribution in [-0.2, 0) is 40.0 Å². The normalized spacial score (nSPS) is 16.0. The molecule has 1 aromatic carbocycles. The number of carboxylic acid groups (broad SMARTS) is 2. The molecule has 1 heterocycles. The molecule has 2 rings (SSSR count). The van der Waals surface area contributed by atoms with Gasteiger partial charge in [0.25, 0.3) is 0 Å². The predicted molar refractivity (Wildman–Crippen MR) is 233 cm³/mol. The molecule has 65 heavy (non-hydrogen) atoms. The van der Waals surface area contributed by atoms with Gasteiger partial charge in [0.1, 0.15) is 36.0 Å². The van der Waals surface area contributed by atoms with E-state index in [-0.39, 0.29) is 68.3 Å². The van der Waals surface area contributed by atoms with Crippen LogP contribution in [0.5, 0.6) is 5.75 Å². The number of carboxylic acids is 2. The highest BCUT2D eigenvalue weighted by Crippen LogP contribution is 2.23. The molecule has 1 fully saturated rings. The van der Waals surface area contributed by atoms with Crippen molar-refractivity contribution in [2.45, 2.75) is 129 Å². The van der Waals surface area contributed by atoms with Crippen molar-refractivity contribution in [1.29, 1.82) is 0 Å². The molecule has 21 nitrogen and oxygen atoms in total. The van der Waals surface area contributed by atoms with Crippen molar-refractivity contribution in [2.24, 2.45) is 50.2 Å². The number of halogens is 3. The molecule has 0 aromatic heterocycles. The van der Waals surface area contributed by atoms with Gasteiger partial charge in [0, 0.05) is 32.0 Å². The van der Waals surface area contributed by atoms with Gasteiger partial charge in [-0.05, 0) is 74.0 Å². The summed E-state index contributed by atoms with van der Waals surface area (Å²) >= 11 is 0. The number of aromatic hydroxyl groups is 1. The molecule has 0 spiro atoms. The monoisotopic (exact) mass is 929 g/mol. The largest absolute Gasteiger partial charge is 0.508 e. The smallest absolute Gasteiger partial charge is 0.490 e. The maximum absolute atomic E-state index is 14.2. The van der Waals surface area contributed by atoms with Crippen molar-refractivity contribution in [1.82, 2.24) is 26.2 Å². The second-order valence-corrected chi connectivity index (χ2v) is 17.1. The molecule has 0 saturated carbocycles. The minimum atomic E-state index is -5.08. The first-order chi connectivity index (χ1) is 30.0. The molecular weight excluding hydrogens is 864 g/mol. The van der Waals surface area contributed by atoms with E-state index < -0.39 is 83.3 Å². The summed E-state index contributed by atoms with van der Waals surface area (Å²) in [6, 6.07) is 0.386. The lowest BCUT2D eigenvalue weighted by Crippen LogP contribution is -2.61. The highest BCUT2D eigenvalue weighted by molar-refractivity contribution is 5.96. The summed E-state index contributed by atoms with van der Waals surface area (Å²) < 4.78 is 31.7. The van der Waals surface area contributed by atoms with Crippen LogP contribution in [0.15, 0.2) is 34.3 Å². The lowest BCUT2D eigenvalue weighted by Gasteiger charge is -2.33. The number of rotatable bonds is 22. The van der Waals surface area contributed by atoms with Crippen molar-refractivity contribution >= 4 is 53.4 Å². The topological polar surface area (TPSA) is 360 Å². The van der Waals surface area contributed by atoms with Gasteiger partial charge >= 0.3 is 18.1 Å². The van der Waals surface area contributed by atoms with Gasteiger partial charge in [0.05, 0.1) is 0 Å². The van der Waals surface area contributed by atoms with Crippen molar-refractivity contribution < 1.29 is 62.1 Å². The molecule has 6 atom stereocenters. The number of carbonyl (C=O) groups is 7. The molecule has 0 bridgehead atoms. The first kappa shape index (κ1) is 56.7. The number of hydrogen-bond acceptors (Lipinski definition) is 10. The minimum Gasteiger partial charge on any atom is -0.508 e. The molecule has 24 heteroatoms. The molecule has 0 radical (unpaired) electrons. The number of nitrogens with one attached hydrogen (secondary N) is 4. The Balaban J connectivity index is 0.00000277. The number of amides is 5. The lowest BCUT2D eigenvalue weighted by atomic mass is 9.85. The van der Waals surface area contributed by atoms with E-state index in [1.54, 1.807) is 39.8 Å². The first-order valence-electron chi connectivity index (χ1n) is 21.0. The predicted octanol–water partition coefficient (Wildman–Crippen LogP) is 0.418. The zero-order valence-electron chi connectivity index (χ0n) is 37.6. The van der Waals surface area contributed by atoms with Crippen molar-refractivity contribution in [3.63, 3.8) is 0 Å². The highest BCUT2D eigenvalue weighted by Gasteiger charge is 2.41. The number of alkyl halides is 3. The summed E-state index contributed by atoms with van der Waals surface area (Å²) in [6.07, 6.45) is -2.70. The van der Waals surface area contributed by atoms with Crippen LogP contribution in [-0.4, -0.2) is 130 Å². The fourth-order valence-corrected chi connectivity index (χ4v) is 6.53.